The number of carbonyl (C=O) groups excluding carboxylic acids is 3. The number of alkyl carbamates (subject to hydrolysis) is 1. The Bertz CT molecular complexity index is 920. The molecule has 3 amide bonds. The van der Waals surface area contributed by atoms with Gasteiger partial charge in [-0.1, -0.05) is 68.4 Å². The van der Waals surface area contributed by atoms with Crippen LogP contribution < -0.4 is 10.6 Å². The summed E-state index contributed by atoms with van der Waals surface area (Å²) < 4.78 is 5.49. The molecule has 7 nitrogen and oxygen atoms in total. The fourth-order valence-corrected chi connectivity index (χ4v) is 5.68. The monoisotopic (exact) mass is 561 g/mol. The van der Waals surface area contributed by atoms with E-state index >= 15 is 0 Å². The lowest BCUT2D eigenvalue weighted by Gasteiger charge is -2.36. The zero-order chi connectivity index (χ0) is 29.0. The van der Waals surface area contributed by atoms with Gasteiger partial charge in [0.1, 0.15) is 17.7 Å². The molecule has 1 fully saturated rings. The van der Waals surface area contributed by atoms with Gasteiger partial charge < -0.3 is 20.3 Å². The number of hydrogen-bond donors (Lipinski definition) is 2. The van der Waals surface area contributed by atoms with Gasteiger partial charge in [0.25, 0.3) is 0 Å². The van der Waals surface area contributed by atoms with E-state index in [-0.39, 0.29) is 17.9 Å². The van der Waals surface area contributed by atoms with E-state index in [0.29, 0.717) is 18.7 Å². The van der Waals surface area contributed by atoms with E-state index in [1.54, 1.807) is 37.4 Å². The molecule has 1 aromatic rings. The zero-order valence-corrected chi connectivity index (χ0v) is 26.0. The van der Waals surface area contributed by atoms with Crippen LogP contribution in [0.1, 0.15) is 108 Å². The molecule has 1 aromatic carbocycles. The Morgan fingerprint density at radius 3 is 2.26 bits per heavy atom. The summed E-state index contributed by atoms with van der Waals surface area (Å²) in [5.74, 6) is 0.309. The van der Waals surface area contributed by atoms with Gasteiger partial charge in [-0.3, -0.25) is 9.59 Å². The molecule has 0 heterocycles. The number of ether oxygens (including phenoxy) is 1. The van der Waals surface area contributed by atoms with E-state index < -0.39 is 23.8 Å². The third-order valence-electron chi connectivity index (χ3n) is 6.96. The predicted octanol–water partition coefficient (Wildman–Crippen LogP) is 6.46. The maximum Gasteiger partial charge on any atom is 0.408 e. The Kier molecular flexibility index (Phi) is 13.7. The molecule has 0 aromatic heterocycles. The third kappa shape index (κ3) is 11.4. The van der Waals surface area contributed by atoms with Crippen molar-refractivity contribution in [1.29, 1.82) is 0 Å². The van der Waals surface area contributed by atoms with Gasteiger partial charge in [-0.15, -0.1) is 0 Å². The first-order valence-electron chi connectivity index (χ1n) is 14.6. The van der Waals surface area contributed by atoms with E-state index in [0.717, 1.165) is 61.6 Å². The van der Waals surface area contributed by atoms with E-state index in [2.05, 4.69) is 23.6 Å². The van der Waals surface area contributed by atoms with E-state index in [1.807, 2.05) is 32.2 Å². The average molecular weight is 562 g/mol. The summed E-state index contributed by atoms with van der Waals surface area (Å²) in [6, 6.07) is 4.66. The number of hydrogen-bond acceptors (Lipinski definition) is 5. The molecule has 8 heteroatoms. The van der Waals surface area contributed by atoms with Crippen molar-refractivity contribution in [3.8, 4) is 0 Å². The molecule has 1 saturated carbocycles. The number of rotatable bonds is 13. The summed E-state index contributed by atoms with van der Waals surface area (Å²) in [5.41, 5.74) is 2.23. The molecule has 0 aliphatic heterocycles. The minimum atomic E-state index is -0.787. The molecule has 1 aliphatic carbocycles. The highest BCUT2D eigenvalue weighted by Gasteiger charge is 2.37. The van der Waals surface area contributed by atoms with Gasteiger partial charge in [0.2, 0.25) is 11.8 Å². The number of carbonyl (C=O) groups is 3. The van der Waals surface area contributed by atoms with Crippen molar-refractivity contribution < 1.29 is 19.1 Å². The van der Waals surface area contributed by atoms with Crippen LogP contribution in [0.5, 0.6) is 0 Å². The SMILES string of the molecule is CCCCCN(C(=O)C(CCSC)NC(=O)OC(C)(C)C)C(C(=O)NC1CCCCC1)c1cc(C)cc(C)c1. The van der Waals surface area contributed by atoms with Crippen LogP contribution >= 0.6 is 11.8 Å². The molecule has 220 valence electrons. The summed E-state index contributed by atoms with van der Waals surface area (Å²) in [7, 11) is 0. The van der Waals surface area contributed by atoms with Crippen LogP contribution in [0.3, 0.4) is 0 Å². The van der Waals surface area contributed by atoms with Gasteiger partial charge in [0.05, 0.1) is 0 Å². The summed E-state index contributed by atoms with van der Waals surface area (Å²) in [5, 5.41) is 6.12. The lowest BCUT2D eigenvalue weighted by atomic mass is 9.94. The van der Waals surface area contributed by atoms with Crippen LogP contribution in [0.2, 0.25) is 0 Å². The Hall–Kier alpha value is -2.22. The minimum absolute atomic E-state index is 0.124. The largest absolute Gasteiger partial charge is 0.444 e. The molecule has 2 atom stereocenters. The lowest BCUT2D eigenvalue weighted by Crippen LogP contribution is -2.54. The van der Waals surface area contributed by atoms with Crippen LogP contribution in [0.25, 0.3) is 0 Å². The van der Waals surface area contributed by atoms with Gasteiger partial charge in [-0.05, 0) is 77.9 Å². The molecule has 1 aliphatic rings. The molecule has 0 radical (unpaired) electrons. The third-order valence-corrected chi connectivity index (χ3v) is 7.60. The van der Waals surface area contributed by atoms with Crippen molar-refractivity contribution in [2.24, 2.45) is 0 Å². The normalized spacial score (nSPS) is 15.8. The van der Waals surface area contributed by atoms with Crippen molar-refractivity contribution in [2.75, 3.05) is 18.6 Å². The molecule has 2 N–H and O–H groups in total. The van der Waals surface area contributed by atoms with Crippen LogP contribution in [-0.2, 0) is 14.3 Å². The molecule has 2 rings (SSSR count). The Balaban J connectivity index is 2.49. The first-order valence-corrected chi connectivity index (χ1v) is 16.0. The maximum atomic E-state index is 14.3. The summed E-state index contributed by atoms with van der Waals surface area (Å²) in [6.07, 6.45) is 9.87. The molecule has 39 heavy (non-hydrogen) atoms. The van der Waals surface area contributed by atoms with Crippen molar-refractivity contribution in [1.82, 2.24) is 15.5 Å². The predicted molar refractivity (Wildman–Crippen MR) is 161 cm³/mol. The van der Waals surface area contributed by atoms with E-state index in [4.69, 9.17) is 4.74 Å². The second kappa shape index (κ2) is 16.1. The number of aryl methyl sites for hydroxylation is 2. The van der Waals surface area contributed by atoms with Gasteiger partial charge in [0.15, 0.2) is 0 Å². The molecular formula is C31H51N3O4S. The van der Waals surface area contributed by atoms with Crippen LogP contribution in [0, 0.1) is 13.8 Å². The number of benzene rings is 1. The molecule has 0 spiro atoms. The van der Waals surface area contributed by atoms with Crippen molar-refractivity contribution in [3.63, 3.8) is 0 Å². The molecule has 0 saturated heterocycles. The number of thioether (sulfide) groups is 1. The number of unbranched alkanes of at least 4 members (excludes halogenated alkanes) is 2. The Morgan fingerprint density at radius 1 is 1.05 bits per heavy atom. The second-order valence-electron chi connectivity index (χ2n) is 11.9. The number of nitrogens with zero attached hydrogens (tertiary/aromatic N) is 1. The average Bonchev–Trinajstić information content (AvgIpc) is 2.84. The Labute approximate surface area is 240 Å². The smallest absolute Gasteiger partial charge is 0.408 e. The molecule has 2 unspecified atom stereocenters. The first-order chi connectivity index (χ1) is 18.4. The summed E-state index contributed by atoms with van der Waals surface area (Å²) in [6.45, 7) is 12.0. The topological polar surface area (TPSA) is 87.7 Å². The van der Waals surface area contributed by atoms with Gasteiger partial charge >= 0.3 is 6.09 Å². The highest BCUT2D eigenvalue weighted by atomic mass is 32.2. The van der Waals surface area contributed by atoms with Crippen LogP contribution in [-0.4, -0.2) is 59.0 Å². The van der Waals surface area contributed by atoms with E-state index in [9.17, 15) is 14.4 Å². The van der Waals surface area contributed by atoms with Crippen molar-refractivity contribution in [2.45, 2.75) is 123 Å². The standard InChI is InChI=1S/C31H51N3O4S/c1-8-9-13-17-34(29(36)26(16-18-39-7)33-30(37)38-31(4,5)6)27(24-20-22(2)19-23(3)21-24)28(35)32-25-14-11-10-12-15-25/h19-21,25-27H,8-18H2,1-7H3,(H,32,35)(H,33,37). The fraction of sp³-hybridized carbons (Fsp3) is 0.710. The quantitative estimate of drug-likeness (QED) is 0.270. The van der Waals surface area contributed by atoms with Gasteiger partial charge in [0, 0.05) is 12.6 Å². The maximum absolute atomic E-state index is 14.3. The van der Waals surface area contributed by atoms with Crippen molar-refractivity contribution in [3.05, 3.63) is 34.9 Å². The first kappa shape index (κ1) is 33.0. The Morgan fingerprint density at radius 2 is 1.69 bits per heavy atom. The van der Waals surface area contributed by atoms with Gasteiger partial charge in [-0.2, -0.15) is 11.8 Å². The number of nitrogens with one attached hydrogen (secondary N) is 2. The fourth-order valence-electron chi connectivity index (χ4n) is 5.21. The van der Waals surface area contributed by atoms with E-state index in [1.165, 1.54) is 6.42 Å². The van der Waals surface area contributed by atoms with Crippen molar-refractivity contribution >= 4 is 29.7 Å². The van der Waals surface area contributed by atoms with Crippen LogP contribution in [0.15, 0.2) is 18.2 Å². The van der Waals surface area contributed by atoms with Crippen LogP contribution in [0.4, 0.5) is 4.79 Å². The summed E-state index contributed by atoms with van der Waals surface area (Å²) >= 11 is 1.62. The highest BCUT2D eigenvalue weighted by molar-refractivity contribution is 7.98. The highest BCUT2D eigenvalue weighted by Crippen LogP contribution is 2.27. The minimum Gasteiger partial charge on any atom is -0.444 e. The lowest BCUT2D eigenvalue weighted by molar-refractivity contribution is -0.143. The number of amides is 3. The van der Waals surface area contributed by atoms with Gasteiger partial charge in [-0.25, -0.2) is 4.79 Å². The zero-order valence-electron chi connectivity index (χ0n) is 25.2. The molecular weight excluding hydrogens is 510 g/mol. The molecule has 0 bridgehead atoms. The summed E-state index contributed by atoms with van der Waals surface area (Å²) in [4.78, 5) is 42.8. The second-order valence-corrected chi connectivity index (χ2v) is 12.9.